The molecule has 3 rings (SSSR count). The van der Waals surface area contributed by atoms with Gasteiger partial charge in [-0.15, -0.1) is 0 Å². The van der Waals surface area contributed by atoms with Crippen molar-refractivity contribution in [1.29, 1.82) is 0 Å². The molecule has 0 aliphatic carbocycles. The van der Waals surface area contributed by atoms with Crippen LogP contribution in [0.2, 0.25) is 5.02 Å². The number of hydrazone groups is 1. The van der Waals surface area contributed by atoms with Gasteiger partial charge in [0.05, 0.1) is 22.8 Å². The summed E-state index contributed by atoms with van der Waals surface area (Å²) < 4.78 is 15.6. The van der Waals surface area contributed by atoms with Gasteiger partial charge in [-0.05, 0) is 36.8 Å². The number of nitro benzene ring substituents is 1. The quantitative estimate of drug-likeness (QED) is 0.460. The first kappa shape index (κ1) is 18.5. The molecule has 1 N–H and O–H groups in total. The molecule has 1 heterocycles. The average Bonchev–Trinajstić information content (AvgIpc) is 3.09. The Labute approximate surface area is 158 Å². The SMILES string of the molecule is Cc1cc(OCC(=O)NN=Cc2cc3c(cc2[N+](=O)[O-])OCO3)ccc1Cl. The second-order valence-electron chi connectivity index (χ2n) is 5.51. The van der Waals surface area contributed by atoms with Gasteiger partial charge in [-0.2, -0.15) is 5.10 Å². The highest BCUT2D eigenvalue weighted by Crippen LogP contribution is 2.37. The van der Waals surface area contributed by atoms with E-state index in [0.717, 1.165) is 11.8 Å². The van der Waals surface area contributed by atoms with Gasteiger partial charge in [0.15, 0.2) is 18.1 Å². The number of rotatable bonds is 6. The van der Waals surface area contributed by atoms with E-state index < -0.39 is 10.8 Å². The van der Waals surface area contributed by atoms with Crippen LogP contribution in [0.4, 0.5) is 5.69 Å². The summed E-state index contributed by atoms with van der Waals surface area (Å²) in [4.78, 5) is 22.4. The van der Waals surface area contributed by atoms with Crippen LogP contribution < -0.4 is 19.6 Å². The molecule has 0 bridgehead atoms. The maximum Gasteiger partial charge on any atom is 0.282 e. The van der Waals surface area contributed by atoms with E-state index in [0.29, 0.717) is 16.5 Å². The molecule has 2 aromatic rings. The Hall–Kier alpha value is -3.33. The number of carbonyl (C=O) groups excluding carboxylic acids is 1. The zero-order valence-electron chi connectivity index (χ0n) is 14.1. The Morgan fingerprint density at radius 3 is 2.81 bits per heavy atom. The van der Waals surface area contributed by atoms with Crippen molar-refractivity contribution in [3.8, 4) is 17.2 Å². The van der Waals surface area contributed by atoms with E-state index in [1.807, 2.05) is 6.92 Å². The topological polar surface area (TPSA) is 112 Å². The summed E-state index contributed by atoms with van der Waals surface area (Å²) in [6.45, 7) is 1.53. The molecule has 0 radical (unpaired) electrons. The molecule has 9 nitrogen and oxygen atoms in total. The van der Waals surface area contributed by atoms with Crippen LogP contribution in [-0.4, -0.2) is 30.4 Å². The largest absolute Gasteiger partial charge is 0.484 e. The normalized spacial score (nSPS) is 12.2. The number of carbonyl (C=O) groups is 1. The van der Waals surface area contributed by atoms with Crippen LogP contribution in [0.3, 0.4) is 0 Å². The number of ether oxygens (including phenoxy) is 3. The van der Waals surface area contributed by atoms with Gasteiger partial charge in [0.1, 0.15) is 5.75 Å². The highest BCUT2D eigenvalue weighted by atomic mass is 35.5. The first-order valence-corrected chi connectivity index (χ1v) is 8.10. The molecule has 0 saturated heterocycles. The van der Waals surface area contributed by atoms with Crippen LogP contribution in [0.25, 0.3) is 0 Å². The maximum atomic E-state index is 11.8. The molecule has 10 heteroatoms. The fourth-order valence-corrected chi connectivity index (χ4v) is 2.39. The lowest BCUT2D eigenvalue weighted by molar-refractivity contribution is -0.385. The standard InChI is InChI=1S/C17H14ClN3O6/c1-10-4-12(2-3-13(10)18)25-8-17(22)20-19-7-11-5-15-16(27-9-26-15)6-14(11)21(23)24/h2-7H,8-9H2,1H3,(H,20,22). The summed E-state index contributed by atoms with van der Waals surface area (Å²) in [5, 5.41) is 15.5. The van der Waals surface area contributed by atoms with Crippen LogP contribution in [0.15, 0.2) is 35.4 Å². The summed E-state index contributed by atoms with van der Waals surface area (Å²) >= 11 is 5.92. The zero-order chi connectivity index (χ0) is 19.4. The minimum absolute atomic E-state index is 0.00860. The van der Waals surface area contributed by atoms with Gasteiger partial charge < -0.3 is 14.2 Å². The summed E-state index contributed by atoms with van der Waals surface area (Å²) in [7, 11) is 0. The number of halogens is 1. The van der Waals surface area contributed by atoms with Crippen LogP contribution in [0.5, 0.6) is 17.2 Å². The molecule has 0 spiro atoms. The molecule has 1 aliphatic heterocycles. The van der Waals surface area contributed by atoms with Crippen molar-refractivity contribution in [2.45, 2.75) is 6.92 Å². The summed E-state index contributed by atoms with van der Waals surface area (Å²) in [6.07, 6.45) is 1.16. The number of nitro groups is 1. The summed E-state index contributed by atoms with van der Waals surface area (Å²) in [5.74, 6) is 0.619. The highest BCUT2D eigenvalue weighted by Gasteiger charge is 2.22. The van der Waals surface area contributed by atoms with Crippen molar-refractivity contribution < 1.29 is 23.9 Å². The number of amides is 1. The molecule has 0 atom stereocenters. The Bertz CT molecular complexity index is 931. The second kappa shape index (κ2) is 7.92. The molecular weight excluding hydrogens is 378 g/mol. The van der Waals surface area contributed by atoms with E-state index in [1.165, 1.54) is 12.1 Å². The highest BCUT2D eigenvalue weighted by molar-refractivity contribution is 6.31. The van der Waals surface area contributed by atoms with E-state index in [1.54, 1.807) is 18.2 Å². The maximum absolute atomic E-state index is 11.8. The van der Waals surface area contributed by atoms with E-state index in [-0.39, 0.29) is 30.4 Å². The van der Waals surface area contributed by atoms with E-state index in [9.17, 15) is 14.9 Å². The number of fused-ring (bicyclic) bond motifs is 1. The summed E-state index contributed by atoms with van der Waals surface area (Å²) in [5.41, 5.74) is 3.02. The lowest BCUT2D eigenvalue weighted by atomic mass is 10.1. The fraction of sp³-hybridized carbons (Fsp3) is 0.176. The molecule has 2 aromatic carbocycles. The zero-order valence-corrected chi connectivity index (χ0v) is 14.9. The predicted octanol–water partition coefficient (Wildman–Crippen LogP) is 2.81. The van der Waals surface area contributed by atoms with Crippen LogP contribution in [0, 0.1) is 17.0 Å². The third-order valence-electron chi connectivity index (χ3n) is 3.61. The number of nitrogens with one attached hydrogen (secondary N) is 1. The van der Waals surface area contributed by atoms with Crippen molar-refractivity contribution in [2.75, 3.05) is 13.4 Å². The predicted molar refractivity (Wildman–Crippen MR) is 96.6 cm³/mol. The lowest BCUT2D eigenvalue weighted by Crippen LogP contribution is -2.24. The number of hydrogen-bond acceptors (Lipinski definition) is 7. The first-order chi connectivity index (χ1) is 12.9. The average molecular weight is 392 g/mol. The van der Waals surface area contributed by atoms with Crippen LogP contribution in [-0.2, 0) is 4.79 Å². The van der Waals surface area contributed by atoms with E-state index in [4.69, 9.17) is 25.8 Å². The van der Waals surface area contributed by atoms with Gasteiger partial charge in [0.2, 0.25) is 6.79 Å². The molecule has 1 aliphatic rings. The van der Waals surface area contributed by atoms with Crippen molar-refractivity contribution in [2.24, 2.45) is 5.10 Å². The fourth-order valence-electron chi connectivity index (χ4n) is 2.27. The third-order valence-corrected chi connectivity index (χ3v) is 4.03. The van der Waals surface area contributed by atoms with Gasteiger partial charge in [0.25, 0.3) is 11.6 Å². The van der Waals surface area contributed by atoms with E-state index >= 15 is 0 Å². The summed E-state index contributed by atoms with van der Waals surface area (Å²) in [6, 6.07) is 7.68. The van der Waals surface area contributed by atoms with Crippen molar-refractivity contribution in [3.05, 3.63) is 56.6 Å². The van der Waals surface area contributed by atoms with Crippen molar-refractivity contribution in [1.82, 2.24) is 5.43 Å². The molecule has 0 saturated carbocycles. The van der Waals surface area contributed by atoms with Gasteiger partial charge in [-0.3, -0.25) is 14.9 Å². The monoisotopic (exact) mass is 391 g/mol. The number of aryl methyl sites for hydroxylation is 1. The Morgan fingerprint density at radius 2 is 2.11 bits per heavy atom. The molecule has 140 valence electrons. The van der Waals surface area contributed by atoms with Crippen LogP contribution in [0.1, 0.15) is 11.1 Å². The van der Waals surface area contributed by atoms with Gasteiger partial charge in [-0.25, -0.2) is 5.43 Å². The van der Waals surface area contributed by atoms with Gasteiger partial charge in [-0.1, -0.05) is 11.6 Å². The van der Waals surface area contributed by atoms with Crippen LogP contribution >= 0.6 is 11.6 Å². The Balaban J connectivity index is 1.60. The molecular formula is C17H14ClN3O6. The lowest BCUT2D eigenvalue weighted by Gasteiger charge is -2.06. The van der Waals surface area contributed by atoms with Gasteiger partial charge in [0, 0.05) is 5.02 Å². The number of benzene rings is 2. The number of nitrogens with zero attached hydrogens (tertiary/aromatic N) is 2. The minimum Gasteiger partial charge on any atom is -0.484 e. The first-order valence-electron chi connectivity index (χ1n) is 7.73. The third kappa shape index (κ3) is 4.45. The molecule has 0 unspecified atom stereocenters. The Kier molecular flexibility index (Phi) is 5.41. The minimum atomic E-state index is -0.572. The van der Waals surface area contributed by atoms with Crippen molar-refractivity contribution in [3.63, 3.8) is 0 Å². The molecule has 1 amide bonds. The molecule has 0 aromatic heterocycles. The van der Waals surface area contributed by atoms with Gasteiger partial charge >= 0.3 is 0 Å². The molecule has 0 fully saturated rings. The molecule has 27 heavy (non-hydrogen) atoms. The second-order valence-corrected chi connectivity index (χ2v) is 5.92. The van der Waals surface area contributed by atoms with Crippen molar-refractivity contribution >= 4 is 29.4 Å². The Morgan fingerprint density at radius 1 is 1.37 bits per heavy atom. The smallest absolute Gasteiger partial charge is 0.282 e. The number of hydrogen-bond donors (Lipinski definition) is 1. The van der Waals surface area contributed by atoms with E-state index in [2.05, 4.69) is 10.5 Å².